The van der Waals surface area contributed by atoms with Crippen LogP contribution >= 0.6 is 0 Å². The number of rotatable bonds is 5. The highest BCUT2D eigenvalue weighted by atomic mass is 16.6. The van der Waals surface area contributed by atoms with E-state index >= 15 is 0 Å². The number of benzene rings is 1. The van der Waals surface area contributed by atoms with E-state index in [0.717, 1.165) is 5.57 Å². The van der Waals surface area contributed by atoms with Crippen molar-refractivity contribution in [1.82, 2.24) is 0 Å². The average Bonchev–Trinajstić information content (AvgIpc) is 3.48. The molecule has 0 unspecified atom stereocenters. The highest BCUT2D eigenvalue weighted by Gasteiger charge is 2.92. The lowest BCUT2D eigenvalue weighted by molar-refractivity contribution is -0.382. The minimum absolute atomic E-state index is 0.00587. The molecule has 2 N–H and O–H groups in total. The molecule has 0 aromatic heterocycles. The molecule has 1 aromatic rings. The van der Waals surface area contributed by atoms with Crippen molar-refractivity contribution in [2.24, 2.45) is 44.8 Å². The number of ether oxygens (including phenoxy) is 5. The predicted molar refractivity (Wildman–Crippen MR) is 191 cm³/mol. The quantitative estimate of drug-likeness (QED) is 0.310. The van der Waals surface area contributed by atoms with Gasteiger partial charge in [-0.15, -0.1) is 0 Å². The van der Waals surface area contributed by atoms with E-state index in [0.29, 0.717) is 6.42 Å². The second-order valence-electron chi connectivity index (χ2n) is 18.4. The van der Waals surface area contributed by atoms with Crippen molar-refractivity contribution >= 4 is 29.7 Å². The lowest BCUT2D eigenvalue weighted by Crippen LogP contribution is -2.86. The topological polar surface area (TPSA) is 172 Å². The Kier molecular flexibility index (Phi) is 8.46. The Hall–Kier alpha value is -3.77. The van der Waals surface area contributed by atoms with Gasteiger partial charge in [-0.3, -0.25) is 19.2 Å². The van der Waals surface area contributed by atoms with Gasteiger partial charge in [0, 0.05) is 39.0 Å². The molecule has 294 valence electrons. The van der Waals surface area contributed by atoms with Crippen molar-refractivity contribution in [3.8, 4) is 0 Å². The second-order valence-corrected chi connectivity index (χ2v) is 18.4. The number of hydrogen-bond donors (Lipinski definition) is 2. The van der Waals surface area contributed by atoms with E-state index in [4.69, 9.17) is 23.7 Å². The fraction of sp³-hybridized carbons (Fsp3) is 0.690. The van der Waals surface area contributed by atoms with Gasteiger partial charge in [0.25, 0.3) is 0 Å². The Morgan fingerprint density at radius 1 is 0.889 bits per heavy atom. The molecule has 12 nitrogen and oxygen atoms in total. The summed E-state index contributed by atoms with van der Waals surface area (Å²) in [6.45, 7) is 15.4. The number of Topliss-reactive ketones (excluding diaryl/α,β-unsaturated/α-hetero) is 1. The second kappa shape index (κ2) is 11.9. The lowest BCUT2D eigenvalue weighted by Gasteiger charge is -2.73. The standard InChI is InChI=1S/C42H54O12/c1-21-17-38(7)28-16-26(45)30(50-10)22(2)37(28,6)18-27(46)31(38)42(21)40(9,49)33(52-24(4)44)32(53-34(47)25-14-12-11-13-15-25)39(8)29(51-23(3)43)19-36(5)20-41(39,42)54-35(36)48/h11-15,21,27-29,31-33,46,49H,16-20H2,1-10H3/t21-,27+,28+,29-,31-,32-,33+,36+,37+,38-,39+,40-,41+,42-/m0/s1. The molecule has 1 heterocycles. The number of carbonyl (C=O) groups is 5. The first kappa shape index (κ1) is 38.5. The summed E-state index contributed by atoms with van der Waals surface area (Å²) in [5.74, 6) is -4.37. The van der Waals surface area contributed by atoms with Gasteiger partial charge in [0.1, 0.15) is 17.3 Å². The molecule has 0 amide bonds. The molecule has 7 rings (SSSR count). The Bertz CT molecular complexity index is 1850. The highest BCUT2D eigenvalue weighted by molar-refractivity contribution is 5.96. The van der Waals surface area contributed by atoms with Crippen LogP contribution in [0.2, 0.25) is 0 Å². The van der Waals surface area contributed by atoms with Gasteiger partial charge < -0.3 is 33.9 Å². The average molecular weight is 751 g/mol. The highest BCUT2D eigenvalue weighted by Crippen LogP contribution is 2.83. The number of allylic oxidation sites excluding steroid dienone is 2. The van der Waals surface area contributed by atoms with Crippen molar-refractivity contribution in [3.05, 3.63) is 47.2 Å². The van der Waals surface area contributed by atoms with Crippen molar-refractivity contribution in [1.29, 1.82) is 0 Å². The number of ketones is 1. The molecular formula is C42H54O12. The third kappa shape index (κ3) is 4.46. The zero-order chi connectivity index (χ0) is 39.8. The van der Waals surface area contributed by atoms with Crippen molar-refractivity contribution in [2.45, 2.75) is 130 Å². The number of aliphatic hydroxyl groups is 2. The Morgan fingerprint density at radius 3 is 2.11 bits per heavy atom. The molecule has 14 atom stereocenters. The molecule has 1 aromatic carbocycles. The molecule has 54 heavy (non-hydrogen) atoms. The maximum atomic E-state index is 14.5. The van der Waals surface area contributed by atoms with Crippen LogP contribution in [0.1, 0.15) is 105 Å². The molecule has 5 fully saturated rings. The molecule has 5 aliphatic carbocycles. The normalized spacial score (nSPS) is 47.6. The molecule has 2 bridgehead atoms. The number of fused-ring (bicyclic) bond motifs is 5. The third-order valence-electron chi connectivity index (χ3n) is 15.7. The predicted octanol–water partition coefficient (Wildman–Crippen LogP) is 4.87. The molecule has 12 heteroatoms. The largest absolute Gasteiger partial charge is 0.493 e. The van der Waals surface area contributed by atoms with Crippen LogP contribution in [0.4, 0.5) is 0 Å². The number of carbonyl (C=O) groups excluding carboxylic acids is 5. The van der Waals surface area contributed by atoms with Crippen LogP contribution in [0.5, 0.6) is 0 Å². The number of esters is 4. The van der Waals surface area contributed by atoms with Gasteiger partial charge in [-0.25, -0.2) is 4.79 Å². The summed E-state index contributed by atoms with van der Waals surface area (Å²) in [4.78, 5) is 68.5. The summed E-state index contributed by atoms with van der Waals surface area (Å²) in [6.07, 6.45) is -4.60. The SMILES string of the molecule is COC1=C(C)[C@@]2(C)C[C@@H](O)[C@H]3[C@@](C)(C[C@H](C)[C@]34[C@@]35C[C@@](C)(C[C@H](OC(C)=O)[C@]3(C)[C@@H](OC(=O)c3ccccc3)[C@@H](OC(C)=O)[C@]4(C)O)C(=O)O5)[C@@H]2CC1=O. The first-order valence-corrected chi connectivity index (χ1v) is 19.1. The van der Waals surface area contributed by atoms with E-state index < -0.39 is 98.4 Å². The minimum atomic E-state index is -2.15. The first-order valence-electron chi connectivity index (χ1n) is 19.1. The van der Waals surface area contributed by atoms with Gasteiger partial charge in [-0.2, -0.15) is 0 Å². The van der Waals surface area contributed by atoms with Crippen LogP contribution in [0.25, 0.3) is 0 Å². The Balaban J connectivity index is 1.54. The molecule has 4 saturated carbocycles. The number of aliphatic hydroxyl groups excluding tert-OH is 1. The van der Waals surface area contributed by atoms with E-state index in [2.05, 4.69) is 0 Å². The van der Waals surface area contributed by atoms with E-state index in [-0.39, 0.29) is 48.7 Å². The van der Waals surface area contributed by atoms with Crippen molar-refractivity contribution in [2.75, 3.05) is 7.11 Å². The third-order valence-corrected chi connectivity index (χ3v) is 15.7. The Morgan fingerprint density at radius 2 is 1.52 bits per heavy atom. The summed E-state index contributed by atoms with van der Waals surface area (Å²) in [5.41, 5.74) is -8.98. The van der Waals surface area contributed by atoms with Crippen LogP contribution in [0, 0.1) is 44.8 Å². The fourth-order valence-corrected chi connectivity index (χ4v) is 13.9. The van der Waals surface area contributed by atoms with Gasteiger partial charge in [0.05, 0.1) is 35.0 Å². The number of hydrogen-bond acceptors (Lipinski definition) is 12. The van der Waals surface area contributed by atoms with Crippen LogP contribution in [0.15, 0.2) is 41.7 Å². The molecule has 1 saturated heterocycles. The van der Waals surface area contributed by atoms with E-state index in [9.17, 15) is 34.2 Å². The van der Waals surface area contributed by atoms with Crippen LogP contribution in [-0.2, 0) is 42.9 Å². The maximum Gasteiger partial charge on any atom is 0.338 e. The van der Waals surface area contributed by atoms with Gasteiger partial charge in [0.2, 0.25) is 0 Å². The van der Waals surface area contributed by atoms with Crippen molar-refractivity contribution in [3.63, 3.8) is 0 Å². The van der Waals surface area contributed by atoms with E-state index in [1.165, 1.54) is 27.9 Å². The summed E-state index contributed by atoms with van der Waals surface area (Å²) in [6, 6.07) is 8.22. The van der Waals surface area contributed by atoms with Crippen molar-refractivity contribution < 1.29 is 57.9 Å². The molecule has 2 spiro atoms. The molecule has 0 radical (unpaired) electrons. The van der Waals surface area contributed by atoms with E-state index in [1.54, 1.807) is 44.2 Å². The van der Waals surface area contributed by atoms with Crippen LogP contribution in [0.3, 0.4) is 0 Å². The summed E-state index contributed by atoms with van der Waals surface area (Å²) in [5, 5.41) is 26.6. The smallest absolute Gasteiger partial charge is 0.338 e. The maximum absolute atomic E-state index is 14.5. The van der Waals surface area contributed by atoms with Gasteiger partial charge in [-0.05, 0) is 80.9 Å². The minimum Gasteiger partial charge on any atom is -0.493 e. The van der Waals surface area contributed by atoms with Gasteiger partial charge in [-0.1, -0.05) is 39.0 Å². The zero-order valence-corrected chi connectivity index (χ0v) is 32.9. The summed E-state index contributed by atoms with van der Waals surface area (Å²) in [7, 11) is 1.47. The van der Waals surface area contributed by atoms with Gasteiger partial charge in [0.15, 0.2) is 23.8 Å². The lowest BCUT2D eigenvalue weighted by atomic mass is 9.33. The van der Waals surface area contributed by atoms with Gasteiger partial charge >= 0.3 is 23.9 Å². The monoisotopic (exact) mass is 750 g/mol. The van der Waals surface area contributed by atoms with E-state index in [1.807, 2.05) is 27.7 Å². The first-order chi connectivity index (χ1) is 25.0. The Labute approximate surface area is 316 Å². The molecule has 1 aliphatic heterocycles. The number of methoxy groups -OCH3 is 1. The van der Waals surface area contributed by atoms with Crippen LogP contribution in [-0.4, -0.2) is 82.6 Å². The molecule has 6 aliphatic rings. The summed E-state index contributed by atoms with van der Waals surface area (Å²) >= 11 is 0. The molecular weight excluding hydrogens is 696 g/mol. The summed E-state index contributed by atoms with van der Waals surface area (Å²) < 4.78 is 31.2. The fourth-order valence-electron chi connectivity index (χ4n) is 13.9. The zero-order valence-electron chi connectivity index (χ0n) is 32.9. The van der Waals surface area contributed by atoms with Crippen LogP contribution < -0.4 is 0 Å².